The van der Waals surface area contributed by atoms with Gasteiger partial charge in [0.2, 0.25) is 5.91 Å². The minimum Gasteiger partial charge on any atom is -0.378 e. The molecule has 154 valence electrons. The second-order valence-corrected chi connectivity index (χ2v) is 7.93. The average molecular weight is 425 g/mol. The van der Waals surface area contributed by atoms with Gasteiger partial charge in [-0.15, -0.1) is 11.6 Å². The van der Waals surface area contributed by atoms with E-state index < -0.39 is 11.3 Å². The van der Waals surface area contributed by atoms with Crippen LogP contribution in [-0.4, -0.2) is 52.4 Å². The van der Waals surface area contributed by atoms with Crippen LogP contribution in [0.5, 0.6) is 0 Å². The van der Waals surface area contributed by atoms with Gasteiger partial charge in [0.15, 0.2) is 5.82 Å². The number of H-pyrrole nitrogens is 2. The number of anilines is 1. The summed E-state index contributed by atoms with van der Waals surface area (Å²) in [5.74, 6) is 0.240. The first-order valence-corrected chi connectivity index (χ1v) is 10.3. The molecule has 1 amide bonds. The summed E-state index contributed by atoms with van der Waals surface area (Å²) in [6, 6.07) is 11.9. The Balaban J connectivity index is 1.51. The number of halogens is 1. The zero-order valence-electron chi connectivity index (χ0n) is 16.2. The van der Waals surface area contributed by atoms with Crippen molar-refractivity contribution in [1.29, 1.82) is 0 Å². The van der Waals surface area contributed by atoms with Gasteiger partial charge in [0.25, 0.3) is 0 Å². The van der Waals surface area contributed by atoms with Crippen LogP contribution in [0.4, 0.5) is 5.69 Å². The number of aromatic amines is 2. The standard InChI is InChI=1S/C21H21ClN6O2/c22-15(11-19(23)29)12-1-3-16-14(9-12)20(27-26-16)21-24-17-4-2-13(10-18(17)25-21)28-5-7-30-8-6-28/h1-4,9-10,15H,5-8,11H2,(H2,23,29)(H,24,25)(H,26,27). The molecular formula is C21H21ClN6O2. The number of carbonyl (C=O) groups is 1. The van der Waals surface area contributed by atoms with E-state index in [2.05, 4.69) is 32.2 Å². The van der Waals surface area contributed by atoms with Gasteiger partial charge in [-0.2, -0.15) is 5.10 Å². The van der Waals surface area contributed by atoms with Gasteiger partial charge in [-0.05, 0) is 35.9 Å². The lowest BCUT2D eigenvalue weighted by Gasteiger charge is -2.28. The Labute approximate surface area is 177 Å². The van der Waals surface area contributed by atoms with Crippen molar-refractivity contribution in [2.45, 2.75) is 11.8 Å². The zero-order chi connectivity index (χ0) is 20.7. The lowest BCUT2D eigenvalue weighted by Crippen LogP contribution is -2.36. The number of benzene rings is 2. The summed E-state index contributed by atoms with van der Waals surface area (Å²) in [7, 11) is 0. The number of morpholine rings is 1. The normalized spacial score (nSPS) is 15.7. The maximum absolute atomic E-state index is 11.2. The molecule has 1 fully saturated rings. The lowest BCUT2D eigenvalue weighted by atomic mass is 10.1. The Bertz CT molecular complexity index is 1230. The van der Waals surface area contributed by atoms with Crippen molar-refractivity contribution in [3.8, 4) is 11.5 Å². The van der Waals surface area contributed by atoms with Crippen molar-refractivity contribution in [2.75, 3.05) is 31.2 Å². The molecule has 0 bridgehead atoms. The molecular weight excluding hydrogens is 404 g/mol. The number of nitrogens with two attached hydrogens (primary N) is 1. The minimum absolute atomic E-state index is 0.0786. The molecule has 2 aromatic carbocycles. The average Bonchev–Trinajstić information content (AvgIpc) is 3.36. The fourth-order valence-corrected chi connectivity index (χ4v) is 4.12. The van der Waals surface area contributed by atoms with Gasteiger partial charge in [0, 0.05) is 30.6 Å². The van der Waals surface area contributed by atoms with E-state index in [1.165, 1.54) is 0 Å². The van der Waals surface area contributed by atoms with Crippen molar-refractivity contribution >= 4 is 45.1 Å². The minimum atomic E-state index is -0.485. The molecule has 9 heteroatoms. The number of primary amides is 1. The molecule has 0 aliphatic carbocycles. The van der Waals surface area contributed by atoms with Crippen LogP contribution in [0.25, 0.3) is 33.5 Å². The third-order valence-corrected chi connectivity index (χ3v) is 5.80. The topological polar surface area (TPSA) is 113 Å². The maximum atomic E-state index is 11.2. The van der Waals surface area contributed by atoms with Crippen molar-refractivity contribution in [3.05, 3.63) is 42.0 Å². The van der Waals surface area contributed by atoms with Crippen molar-refractivity contribution in [3.63, 3.8) is 0 Å². The fourth-order valence-electron chi connectivity index (χ4n) is 3.83. The van der Waals surface area contributed by atoms with Crippen LogP contribution >= 0.6 is 11.6 Å². The first-order chi connectivity index (χ1) is 14.6. The van der Waals surface area contributed by atoms with Crippen molar-refractivity contribution in [1.82, 2.24) is 20.2 Å². The summed E-state index contributed by atoms with van der Waals surface area (Å²) in [6.07, 6.45) is 0.0786. The third-order valence-electron chi connectivity index (χ3n) is 5.39. The largest absolute Gasteiger partial charge is 0.378 e. The molecule has 1 atom stereocenters. The van der Waals surface area contributed by atoms with E-state index >= 15 is 0 Å². The number of hydrogen-bond acceptors (Lipinski definition) is 5. The highest BCUT2D eigenvalue weighted by molar-refractivity contribution is 6.22. The number of hydrogen-bond donors (Lipinski definition) is 3. The number of nitrogens with one attached hydrogen (secondary N) is 2. The molecule has 5 rings (SSSR count). The third kappa shape index (κ3) is 3.48. The van der Waals surface area contributed by atoms with E-state index in [9.17, 15) is 4.79 Å². The quantitative estimate of drug-likeness (QED) is 0.426. The number of imidazole rings is 1. The molecule has 1 unspecified atom stereocenters. The highest BCUT2D eigenvalue weighted by atomic mass is 35.5. The summed E-state index contributed by atoms with van der Waals surface area (Å²) >= 11 is 6.35. The summed E-state index contributed by atoms with van der Waals surface area (Å²) in [5, 5.41) is 7.89. The number of rotatable bonds is 5. The fraction of sp³-hybridized carbons (Fsp3) is 0.286. The molecule has 4 N–H and O–H groups in total. The molecule has 1 aliphatic heterocycles. The van der Waals surface area contributed by atoms with Gasteiger partial charge in [-0.25, -0.2) is 4.98 Å². The molecule has 1 saturated heterocycles. The zero-order valence-corrected chi connectivity index (χ0v) is 16.9. The molecule has 30 heavy (non-hydrogen) atoms. The molecule has 4 aromatic rings. The van der Waals surface area contributed by atoms with Gasteiger partial charge in [0.1, 0.15) is 5.69 Å². The number of carbonyl (C=O) groups excluding carboxylic acids is 1. The van der Waals surface area contributed by atoms with Gasteiger partial charge >= 0.3 is 0 Å². The van der Waals surface area contributed by atoms with Crippen LogP contribution in [0.15, 0.2) is 36.4 Å². The first kappa shape index (κ1) is 18.9. The van der Waals surface area contributed by atoms with Crippen LogP contribution in [0.3, 0.4) is 0 Å². The SMILES string of the molecule is NC(=O)CC(Cl)c1ccc2[nH]nc(-c3nc4ccc(N5CCOCC5)cc4[nH]3)c2c1. The summed E-state index contributed by atoms with van der Waals surface area (Å²) in [6.45, 7) is 3.24. The molecule has 3 heterocycles. The van der Waals surface area contributed by atoms with Gasteiger partial charge in [0.05, 0.1) is 35.1 Å². The lowest BCUT2D eigenvalue weighted by molar-refractivity contribution is -0.118. The van der Waals surface area contributed by atoms with Crippen molar-refractivity contribution < 1.29 is 9.53 Å². The number of ether oxygens (including phenoxy) is 1. The molecule has 0 spiro atoms. The maximum Gasteiger partial charge on any atom is 0.219 e. The van der Waals surface area contributed by atoms with Crippen LogP contribution in [-0.2, 0) is 9.53 Å². The predicted octanol–water partition coefficient (Wildman–Crippen LogP) is 3.10. The monoisotopic (exact) mass is 424 g/mol. The molecule has 0 saturated carbocycles. The van der Waals surface area contributed by atoms with E-state index in [1.807, 2.05) is 24.3 Å². The Morgan fingerprint density at radius 2 is 2.03 bits per heavy atom. The van der Waals surface area contributed by atoms with Crippen LogP contribution in [0.2, 0.25) is 0 Å². The number of aromatic nitrogens is 4. The highest BCUT2D eigenvalue weighted by Gasteiger charge is 2.18. The van der Waals surface area contributed by atoms with E-state index in [4.69, 9.17) is 27.1 Å². The van der Waals surface area contributed by atoms with Crippen LogP contribution < -0.4 is 10.6 Å². The molecule has 8 nitrogen and oxygen atoms in total. The van der Waals surface area contributed by atoms with E-state index in [0.29, 0.717) is 11.5 Å². The van der Waals surface area contributed by atoms with Crippen LogP contribution in [0.1, 0.15) is 17.4 Å². The number of fused-ring (bicyclic) bond motifs is 2. The summed E-state index contributed by atoms with van der Waals surface area (Å²) in [4.78, 5) is 21.6. The molecule has 0 radical (unpaired) electrons. The van der Waals surface area contributed by atoms with Gasteiger partial charge < -0.3 is 20.4 Å². The molecule has 2 aromatic heterocycles. The van der Waals surface area contributed by atoms with E-state index in [1.54, 1.807) is 0 Å². The Morgan fingerprint density at radius 1 is 1.20 bits per heavy atom. The summed E-state index contributed by atoms with van der Waals surface area (Å²) < 4.78 is 5.44. The smallest absolute Gasteiger partial charge is 0.219 e. The Kier molecular flexibility index (Phi) is 4.80. The Hall–Kier alpha value is -3.10. The van der Waals surface area contributed by atoms with E-state index in [0.717, 1.165) is 59.5 Å². The van der Waals surface area contributed by atoms with Gasteiger partial charge in [-0.1, -0.05) is 6.07 Å². The highest BCUT2D eigenvalue weighted by Crippen LogP contribution is 2.32. The first-order valence-electron chi connectivity index (χ1n) is 9.82. The van der Waals surface area contributed by atoms with Crippen LogP contribution in [0, 0.1) is 0 Å². The number of alkyl halides is 1. The van der Waals surface area contributed by atoms with Gasteiger partial charge in [-0.3, -0.25) is 9.89 Å². The second-order valence-electron chi connectivity index (χ2n) is 7.40. The second kappa shape index (κ2) is 7.62. The number of nitrogens with zero attached hydrogens (tertiary/aromatic N) is 3. The molecule has 1 aliphatic rings. The van der Waals surface area contributed by atoms with E-state index in [-0.39, 0.29) is 6.42 Å². The number of amides is 1. The predicted molar refractivity (Wildman–Crippen MR) is 117 cm³/mol. The van der Waals surface area contributed by atoms with Crippen molar-refractivity contribution in [2.24, 2.45) is 5.73 Å². The summed E-state index contributed by atoms with van der Waals surface area (Å²) in [5.41, 5.74) is 10.6. The Morgan fingerprint density at radius 3 is 2.83 bits per heavy atom.